The van der Waals surface area contributed by atoms with E-state index in [1.165, 1.54) is 6.92 Å². The summed E-state index contributed by atoms with van der Waals surface area (Å²) in [7, 11) is 0. The van der Waals surface area contributed by atoms with Crippen LogP contribution in [0.5, 0.6) is 0 Å². The predicted octanol–water partition coefficient (Wildman–Crippen LogP) is 3.71. The fourth-order valence-corrected chi connectivity index (χ4v) is 2.52. The van der Waals surface area contributed by atoms with E-state index in [9.17, 15) is 14.7 Å². The molecule has 2 aromatic carbocycles. The van der Waals surface area contributed by atoms with Crippen LogP contribution in [-0.4, -0.2) is 23.5 Å². The molecule has 5 nitrogen and oxygen atoms in total. The van der Waals surface area contributed by atoms with Crippen LogP contribution in [0.3, 0.4) is 0 Å². The number of Topliss-reactive ketones (excluding diaryl/α,β-unsaturated/α-hetero) is 1. The third-order valence-corrected chi connectivity index (χ3v) is 3.88. The molecule has 0 aliphatic heterocycles. The predicted molar refractivity (Wildman–Crippen MR) is 94.6 cm³/mol. The Kier molecular flexibility index (Phi) is 5.95. The maximum absolute atomic E-state index is 12.1. The summed E-state index contributed by atoms with van der Waals surface area (Å²) in [5, 5.41) is 15.5. The van der Waals surface area contributed by atoms with Crippen molar-refractivity contribution in [2.75, 3.05) is 11.9 Å². The van der Waals surface area contributed by atoms with Crippen molar-refractivity contribution in [1.82, 2.24) is 5.32 Å². The van der Waals surface area contributed by atoms with Gasteiger partial charge in [0.25, 0.3) is 0 Å². The highest BCUT2D eigenvalue weighted by atomic mass is 35.5. The van der Waals surface area contributed by atoms with E-state index in [-0.39, 0.29) is 12.4 Å². The van der Waals surface area contributed by atoms with Crippen LogP contribution in [0, 0.1) is 6.92 Å². The van der Waals surface area contributed by atoms with Crippen LogP contribution in [0.4, 0.5) is 10.5 Å². The van der Waals surface area contributed by atoms with Crippen molar-refractivity contribution in [1.29, 1.82) is 0 Å². The number of ketones is 1. The van der Waals surface area contributed by atoms with Crippen LogP contribution in [0.2, 0.25) is 5.02 Å². The molecule has 126 valence electrons. The van der Waals surface area contributed by atoms with E-state index in [4.69, 9.17) is 11.6 Å². The van der Waals surface area contributed by atoms with Gasteiger partial charge in [0.2, 0.25) is 0 Å². The summed E-state index contributed by atoms with van der Waals surface area (Å²) in [6, 6.07) is 11.0. The fraction of sp³-hybridized carbons (Fsp3) is 0.222. The van der Waals surface area contributed by atoms with Crippen LogP contribution >= 0.6 is 11.6 Å². The number of anilines is 1. The number of aliphatic hydroxyl groups excluding tert-OH is 1. The topological polar surface area (TPSA) is 78.4 Å². The van der Waals surface area contributed by atoms with E-state index in [0.29, 0.717) is 16.3 Å². The molecule has 0 heterocycles. The first-order chi connectivity index (χ1) is 11.4. The number of carbonyl (C=O) groups is 2. The van der Waals surface area contributed by atoms with E-state index in [1.807, 2.05) is 6.92 Å². The minimum atomic E-state index is -0.542. The Morgan fingerprint density at radius 2 is 1.83 bits per heavy atom. The molecule has 0 aliphatic rings. The van der Waals surface area contributed by atoms with E-state index in [2.05, 4.69) is 10.6 Å². The van der Waals surface area contributed by atoms with Gasteiger partial charge in [-0.2, -0.15) is 0 Å². The Morgan fingerprint density at radius 1 is 1.17 bits per heavy atom. The Hall–Kier alpha value is -2.37. The molecule has 3 N–H and O–H groups in total. The van der Waals surface area contributed by atoms with Crippen molar-refractivity contribution in [3.05, 3.63) is 64.2 Å². The number of urea groups is 1. The minimum Gasteiger partial charge on any atom is -0.394 e. The molecule has 2 rings (SSSR count). The van der Waals surface area contributed by atoms with E-state index in [0.717, 1.165) is 11.1 Å². The number of amides is 2. The summed E-state index contributed by atoms with van der Waals surface area (Å²) in [5.74, 6) is -0.0217. The van der Waals surface area contributed by atoms with Gasteiger partial charge >= 0.3 is 6.03 Å². The average molecular weight is 347 g/mol. The van der Waals surface area contributed by atoms with Crippen molar-refractivity contribution < 1.29 is 14.7 Å². The largest absolute Gasteiger partial charge is 0.394 e. The van der Waals surface area contributed by atoms with Crippen molar-refractivity contribution >= 4 is 29.1 Å². The zero-order valence-corrected chi connectivity index (χ0v) is 14.2. The lowest BCUT2D eigenvalue weighted by molar-refractivity contribution is 0.101. The molecule has 0 spiro atoms. The molecule has 0 aliphatic carbocycles. The lowest BCUT2D eigenvalue weighted by Crippen LogP contribution is -2.34. The standard InChI is InChI=1S/C18H19ClN2O3/c1-11-9-15(7-8-16(11)12(2)23)20-18(24)21-17(10-22)13-3-5-14(19)6-4-13/h3-9,17,22H,10H2,1-2H3,(H2,20,21,24). The third-order valence-electron chi connectivity index (χ3n) is 3.62. The van der Waals surface area contributed by atoms with Crippen molar-refractivity contribution in [2.24, 2.45) is 0 Å². The van der Waals surface area contributed by atoms with Gasteiger partial charge in [0.15, 0.2) is 5.78 Å². The second kappa shape index (κ2) is 7.95. The Bertz CT molecular complexity index is 744. The molecular weight excluding hydrogens is 328 g/mol. The minimum absolute atomic E-state index is 0.0217. The number of aryl methyl sites for hydroxylation is 1. The molecule has 6 heteroatoms. The van der Waals surface area contributed by atoms with Crippen LogP contribution in [0.25, 0.3) is 0 Å². The molecule has 0 bridgehead atoms. The van der Waals surface area contributed by atoms with E-state index < -0.39 is 12.1 Å². The van der Waals surface area contributed by atoms with Gasteiger partial charge in [-0.25, -0.2) is 4.79 Å². The molecule has 2 aromatic rings. The molecule has 24 heavy (non-hydrogen) atoms. The summed E-state index contributed by atoms with van der Waals surface area (Å²) >= 11 is 5.84. The third kappa shape index (κ3) is 4.57. The highest BCUT2D eigenvalue weighted by Gasteiger charge is 2.14. The van der Waals surface area contributed by atoms with Crippen LogP contribution in [0.15, 0.2) is 42.5 Å². The maximum Gasteiger partial charge on any atom is 0.319 e. The monoisotopic (exact) mass is 346 g/mol. The van der Waals surface area contributed by atoms with Gasteiger partial charge in [0.05, 0.1) is 12.6 Å². The normalized spacial score (nSPS) is 11.7. The SMILES string of the molecule is CC(=O)c1ccc(NC(=O)NC(CO)c2ccc(Cl)cc2)cc1C. The van der Waals surface area contributed by atoms with Crippen LogP contribution in [-0.2, 0) is 0 Å². The molecule has 0 saturated heterocycles. The first-order valence-electron chi connectivity index (χ1n) is 7.46. The highest BCUT2D eigenvalue weighted by Crippen LogP contribution is 2.18. The van der Waals surface area contributed by atoms with Gasteiger partial charge in [0.1, 0.15) is 0 Å². The van der Waals surface area contributed by atoms with Gasteiger partial charge < -0.3 is 15.7 Å². The molecule has 1 atom stereocenters. The number of halogens is 1. The zero-order chi connectivity index (χ0) is 17.7. The van der Waals surface area contributed by atoms with Crippen molar-refractivity contribution in [2.45, 2.75) is 19.9 Å². The maximum atomic E-state index is 12.1. The summed E-state index contributed by atoms with van der Waals surface area (Å²) in [5.41, 5.74) is 2.73. The highest BCUT2D eigenvalue weighted by molar-refractivity contribution is 6.30. The van der Waals surface area contributed by atoms with Crippen LogP contribution < -0.4 is 10.6 Å². The smallest absolute Gasteiger partial charge is 0.319 e. The Labute approximate surface area is 145 Å². The van der Waals surface area contributed by atoms with E-state index in [1.54, 1.807) is 42.5 Å². The zero-order valence-electron chi connectivity index (χ0n) is 13.5. The second-order valence-electron chi connectivity index (χ2n) is 5.47. The van der Waals surface area contributed by atoms with E-state index >= 15 is 0 Å². The second-order valence-corrected chi connectivity index (χ2v) is 5.91. The molecule has 0 saturated carbocycles. The summed E-state index contributed by atoms with van der Waals surface area (Å²) in [6.07, 6.45) is 0. The quantitative estimate of drug-likeness (QED) is 0.722. The molecule has 2 amide bonds. The Balaban J connectivity index is 2.05. The molecule has 0 fully saturated rings. The number of rotatable bonds is 5. The number of aliphatic hydroxyl groups is 1. The van der Waals surface area contributed by atoms with Gasteiger partial charge in [-0.15, -0.1) is 0 Å². The fourth-order valence-electron chi connectivity index (χ4n) is 2.39. The van der Waals surface area contributed by atoms with Gasteiger partial charge in [-0.05, 0) is 55.3 Å². The molecule has 0 aromatic heterocycles. The van der Waals surface area contributed by atoms with Crippen molar-refractivity contribution in [3.63, 3.8) is 0 Å². The number of hydrogen-bond acceptors (Lipinski definition) is 3. The lowest BCUT2D eigenvalue weighted by atomic mass is 10.0. The number of benzene rings is 2. The number of carbonyl (C=O) groups excluding carboxylic acids is 2. The number of nitrogens with one attached hydrogen (secondary N) is 2. The summed E-state index contributed by atoms with van der Waals surface area (Å²) in [4.78, 5) is 23.6. The van der Waals surface area contributed by atoms with Gasteiger partial charge in [-0.3, -0.25) is 4.79 Å². The van der Waals surface area contributed by atoms with Crippen LogP contribution in [0.1, 0.15) is 34.5 Å². The first-order valence-corrected chi connectivity index (χ1v) is 7.84. The van der Waals surface area contributed by atoms with Crippen molar-refractivity contribution in [3.8, 4) is 0 Å². The Morgan fingerprint density at radius 3 is 2.38 bits per heavy atom. The average Bonchev–Trinajstić information content (AvgIpc) is 2.53. The summed E-state index contributed by atoms with van der Waals surface area (Å²) in [6.45, 7) is 3.07. The van der Waals surface area contributed by atoms with Gasteiger partial charge in [0, 0.05) is 16.3 Å². The van der Waals surface area contributed by atoms with Gasteiger partial charge in [-0.1, -0.05) is 23.7 Å². The number of hydrogen-bond donors (Lipinski definition) is 3. The first kappa shape index (κ1) is 18.0. The molecule has 1 unspecified atom stereocenters. The lowest BCUT2D eigenvalue weighted by Gasteiger charge is -2.17. The summed E-state index contributed by atoms with van der Waals surface area (Å²) < 4.78 is 0. The molecular formula is C18H19ClN2O3. The molecule has 0 radical (unpaired) electrons.